The van der Waals surface area contributed by atoms with Gasteiger partial charge in [0.05, 0.1) is 24.2 Å². The second-order valence-corrected chi connectivity index (χ2v) is 4.75. The highest BCUT2D eigenvalue weighted by Crippen LogP contribution is 2.33. The van der Waals surface area contributed by atoms with Crippen molar-refractivity contribution in [1.82, 2.24) is 0 Å². The van der Waals surface area contributed by atoms with Gasteiger partial charge in [0.25, 0.3) is 5.69 Å². The summed E-state index contributed by atoms with van der Waals surface area (Å²) < 4.78 is 11.0. The van der Waals surface area contributed by atoms with Gasteiger partial charge in [0.15, 0.2) is 11.5 Å². The molecule has 1 aromatic carbocycles. The summed E-state index contributed by atoms with van der Waals surface area (Å²) in [4.78, 5) is 10.2. The van der Waals surface area contributed by atoms with Crippen molar-refractivity contribution in [2.75, 3.05) is 7.11 Å². The molecule has 1 aliphatic carbocycles. The van der Waals surface area contributed by atoms with Crippen LogP contribution in [0.1, 0.15) is 25.7 Å². The van der Waals surface area contributed by atoms with Crippen LogP contribution < -0.4 is 15.2 Å². The molecule has 1 fully saturated rings. The van der Waals surface area contributed by atoms with Crippen LogP contribution in [0.5, 0.6) is 11.5 Å². The Balaban J connectivity index is 2.09. The number of nitro benzene ring substituents is 1. The molecule has 19 heavy (non-hydrogen) atoms. The lowest BCUT2D eigenvalue weighted by Gasteiger charge is -2.27. The Morgan fingerprint density at radius 2 is 1.95 bits per heavy atom. The number of ether oxygens (including phenoxy) is 2. The van der Waals surface area contributed by atoms with Crippen LogP contribution in [0, 0.1) is 10.1 Å². The third kappa shape index (κ3) is 3.35. The zero-order chi connectivity index (χ0) is 13.8. The number of hydrogen-bond acceptors (Lipinski definition) is 5. The molecule has 0 aromatic heterocycles. The summed E-state index contributed by atoms with van der Waals surface area (Å²) >= 11 is 0. The van der Waals surface area contributed by atoms with Gasteiger partial charge < -0.3 is 15.2 Å². The Morgan fingerprint density at radius 3 is 2.53 bits per heavy atom. The van der Waals surface area contributed by atoms with E-state index in [-0.39, 0.29) is 17.8 Å². The van der Waals surface area contributed by atoms with E-state index in [1.807, 2.05) is 0 Å². The number of nitrogens with two attached hydrogens (primary N) is 1. The van der Waals surface area contributed by atoms with Gasteiger partial charge in [0, 0.05) is 12.1 Å². The molecule has 0 amide bonds. The number of nitro groups is 1. The summed E-state index contributed by atoms with van der Waals surface area (Å²) in [5.74, 6) is 0.942. The highest BCUT2D eigenvalue weighted by Gasteiger charge is 2.21. The Bertz CT molecular complexity index is 456. The maximum atomic E-state index is 10.7. The van der Waals surface area contributed by atoms with Crippen molar-refractivity contribution >= 4 is 5.69 Å². The van der Waals surface area contributed by atoms with Crippen molar-refractivity contribution in [2.45, 2.75) is 37.8 Å². The van der Waals surface area contributed by atoms with Gasteiger partial charge in [0.1, 0.15) is 0 Å². The van der Waals surface area contributed by atoms with Crippen molar-refractivity contribution < 1.29 is 14.4 Å². The molecule has 6 heteroatoms. The van der Waals surface area contributed by atoms with Crippen molar-refractivity contribution in [3.05, 3.63) is 28.3 Å². The molecule has 2 N–H and O–H groups in total. The maximum absolute atomic E-state index is 10.7. The van der Waals surface area contributed by atoms with Crippen LogP contribution in [0.4, 0.5) is 5.69 Å². The van der Waals surface area contributed by atoms with Crippen LogP contribution in [0.15, 0.2) is 18.2 Å². The molecular formula is C13H18N2O4. The third-order valence-corrected chi connectivity index (χ3v) is 3.37. The lowest BCUT2D eigenvalue weighted by Crippen LogP contribution is -2.31. The number of nitrogens with zero attached hydrogens (tertiary/aromatic N) is 1. The first-order valence-electron chi connectivity index (χ1n) is 6.35. The zero-order valence-electron chi connectivity index (χ0n) is 10.9. The number of rotatable bonds is 4. The molecule has 1 aliphatic rings. The zero-order valence-corrected chi connectivity index (χ0v) is 10.9. The molecule has 0 aliphatic heterocycles. The number of hydrogen-bond donors (Lipinski definition) is 1. The van der Waals surface area contributed by atoms with Crippen molar-refractivity contribution in [3.63, 3.8) is 0 Å². The number of methoxy groups -OCH3 is 1. The van der Waals surface area contributed by atoms with E-state index >= 15 is 0 Å². The summed E-state index contributed by atoms with van der Waals surface area (Å²) in [6.07, 6.45) is 3.80. The fraction of sp³-hybridized carbons (Fsp3) is 0.538. The van der Waals surface area contributed by atoms with Gasteiger partial charge in [-0.2, -0.15) is 0 Å². The van der Waals surface area contributed by atoms with Gasteiger partial charge in [-0.3, -0.25) is 10.1 Å². The summed E-state index contributed by atoms with van der Waals surface area (Å²) in [7, 11) is 1.47. The van der Waals surface area contributed by atoms with E-state index in [1.54, 1.807) is 6.07 Å². The fourth-order valence-corrected chi connectivity index (χ4v) is 2.25. The van der Waals surface area contributed by atoms with E-state index in [1.165, 1.54) is 19.2 Å². The number of non-ortho nitro benzene ring substituents is 1. The first-order chi connectivity index (χ1) is 9.10. The van der Waals surface area contributed by atoms with Crippen LogP contribution >= 0.6 is 0 Å². The summed E-state index contributed by atoms with van der Waals surface area (Å²) in [5.41, 5.74) is 5.84. The van der Waals surface area contributed by atoms with E-state index in [0.717, 1.165) is 25.7 Å². The molecule has 0 unspecified atom stereocenters. The molecule has 2 rings (SSSR count). The molecule has 1 saturated carbocycles. The van der Waals surface area contributed by atoms with E-state index < -0.39 is 4.92 Å². The smallest absolute Gasteiger partial charge is 0.273 e. The summed E-state index contributed by atoms with van der Waals surface area (Å²) in [6, 6.07) is 4.65. The molecule has 0 atom stereocenters. The van der Waals surface area contributed by atoms with Gasteiger partial charge in [0.2, 0.25) is 0 Å². The van der Waals surface area contributed by atoms with E-state index in [4.69, 9.17) is 15.2 Å². The Kier molecular flexibility index (Phi) is 4.21. The van der Waals surface area contributed by atoms with Crippen LogP contribution in [-0.2, 0) is 0 Å². The first-order valence-corrected chi connectivity index (χ1v) is 6.35. The molecule has 0 saturated heterocycles. The van der Waals surface area contributed by atoms with E-state index in [9.17, 15) is 10.1 Å². The summed E-state index contributed by atoms with van der Waals surface area (Å²) in [6.45, 7) is 0. The highest BCUT2D eigenvalue weighted by molar-refractivity contribution is 5.48. The van der Waals surface area contributed by atoms with Crippen LogP contribution in [0.3, 0.4) is 0 Å². The van der Waals surface area contributed by atoms with Crippen molar-refractivity contribution in [2.24, 2.45) is 5.73 Å². The van der Waals surface area contributed by atoms with Gasteiger partial charge >= 0.3 is 0 Å². The maximum Gasteiger partial charge on any atom is 0.273 e. The molecule has 104 valence electrons. The SMILES string of the molecule is COc1cc([N+](=O)[O-])ccc1OC1CCC(N)CC1. The third-order valence-electron chi connectivity index (χ3n) is 3.37. The molecule has 0 spiro atoms. The van der Waals surface area contributed by atoms with Crippen molar-refractivity contribution in [3.8, 4) is 11.5 Å². The van der Waals surface area contributed by atoms with E-state index in [0.29, 0.717) is 11.5 Å². The second kappa shape index (κ2) is 5.88. The highest BCUT2D eigenvalue weighted by atomic mass is 16.6. The monoisotopic (exact) mass is 266 g/mol. The Labute approximate surface area is 111 Å². The topological polar surface area (TPSA) is 87.6 Å². The molecule has 0 bridgehead atoms. The Hall–Kier alpha value is -1.82. The lowest BCUT2D eigenvalue weighted by atomic mass is 9.94. The first kappa shape index (κ1) is 13.6. The average Bonchev–Trinajstić information content (AvgIpc) is 2.41. The molecule has 0 radical (unpaired) electrons. The average molecular weight is 266 g/mol. The van der Waals surface area contributed by atoms with Gasteiger partial charge in [-0.1, -0.05) is 0 Å². The summed E-state index contributed by atoms with van der Waals surface area (Å²) in [5, 5.41) is 10.7. The lowest BCUT2D eigenvalue weighted by molar-refractivity contribution is -0.385. The predicted octanol–water partition coefficient (Wildman–Crippen LogP) is 2.25. The number of benzene rings is 1. The van der Waals surface area contributed by atoms with Crippen LogP contribution in [0.25, 0.3) is 0 Å². The molecule has 6 nitrogen and oxygen atoms in total. The van der Waals surface area contributed by atoms with Gasteiger partial charge in [-0.25, -0.2) is 0 Å². The normalized spacial score (nSPS) is 22.8. The quantitative estimate of drug-likeness (QED) is 0.667. The second-order valence-electron chi connectivity index (χ2n) is 4.75. The van der Waals surface area contributed by atoms with E-state index in [2.05, 4.69) is 0 Å². The Morgan fingerprint density at radius 1 is 1.26 bits per heavy atom. The molecular weight excluding hydrogens is 248 g/mol. The van der Waals surface area contributed by atoms with Crippen molar-refractivity contribution in [1.29, 1.82) is 0 Å². The van der Waals surface area contributed by atoms with Gasteiger partial charge in [-0.05, 0) is 31.7 Å². The van der Waals surface area contributed by atoms with Crippen LogP contribution in [-0.4, -0.2) is 24.2 Å². The molecule has 1 aromatic rings. The minimum absolute atomic E-state index is 0.00475. The largest absolute Gasteiger partial charge is 0.493 e. The predicted molar refractivity (Wildman–Crippen MR) is 70.5 cm³/mol. The minimum Gasteiger partial charge on any atom is -0.493 e. The van der Waals surface area contributed by atoms with Crippen LogP contribution in [0.2, 0.25) is 0 Å². The fourth-order valence-electron chi connectivity index (χ4n) is 2.25. The molecule has 0 heterocycles. The standard InChI is InChI=1S/C13H18N2O4/c1-18-13-8-10(15(16)17)4-7-12(13)19-11-5-2-9(14)3-6-11/h4,7-9,11H,2-3,5-6,14H2,1H3. The minimum atomic E-state index is -0.452. The van der Waals surface area contributed by atoms with Gasteiger partial charge in [-0.15, -0.1) is 0 Å².